The molecule has 1 amide bonds. The maximum Gasteiger partial charge on any atom is 0.253 e. The van der Waals surface area contributed by atoms with Crippen molar-refractivity contribution in [2.24, 2.45) is 0 Å². The van der Waals surface area contributed by atoms with Crippen LogP contribution in [-0.4, -0.2) is 33.8 Å². The molecule has 24 heavy (non-hydrogen) atoms. The highest BCUT2D eigenvalue weighted by atomic mass is 16.2. The fourth-order valence-electron chi connectivity index (χ4n) is 2.95. The number of benzene rings is 1. The Morgan fingerprint density at radius 3 is 2.58 bits per heavy atom. The van der Waals surface area contributed by atoms with Crippen molar-refractivity contribution in [3.63, 3.8) is 0 Å². The minimum absolute atomic E-state index is 0.0505. The van der Waals surface area contributed by atoms with Gasteiger partial charge in [0.25, 0.3) is 5.91 Å². The number of hydrogen-bond acceptors (Lipinski definition) is 2. The molecule has 0 aliphatic rings. The molecule has 4 heteroatoms. The van der Waals surface area contributed by atoms with E-state index in [2.05, 4.69) is 36.6 Å². The van der Waals surface area contributed by atoms with Crippen molar-refractivity contribution in [2.45, 2.75) is 27.7 Å². The average Bonchev–Trinajstić information content (AvgIpc) is 2.89. The van der Waals surface area contributed by atoms with Crippen molar-refractivity contribution in [1.29, 1.82) is 0 Å². The highest BCUT2D eigenvalue weighted by molar-refractivity contribution is 5.95. The van der Waals surface area contributed by atoms with Gasteiger partial charge in [0, 0.05) is 36.6 Å². The van der Waals surface area contributed by atoms with E-state index < -0.39 is 0 Å². The van der Waals surface area contributed by atoms with E-state index in [4.69, 9.17) is 4.98 Å². The van der Waals surface area contributed by atoms with Crippen molar-refractivity contribution in [3.8, 4) is 11.3 Å². The van der Waals surface area contributed by atoms with E-state index >= 15 is 0 Å². The summed E-state index contributed by atoms with van der Waals surface area (Å²) in [5, 5.41) is 0. The fourth-order valence-corrected chi connectivity index (χ4v) is 2.95. The van der Waals surface area contributed by atoms with Crippen LogP contribution < -0.4 is 0 Å². The topological polar surface area (TPSA) is 37.6 Å². The smallest absolute Gasteiger partial charge is 0.253 e. The summed E-state index contributed by atoms with van der Waals surface area (Å²) in [5.41, 5.74) is 7.09. The van der Waals surface area contributed by atoms with E-state index in [1.807, 2.05) is 39.1 Å². The van der Waals surface area contributed by atoms with Gasteiger partial charge >= 0.3 is 0 Å². The molecule has 0 aliphatic carbocycles. The Balaban J connectivity index is 2.07. The minimum Gasteiger partial charge on any atom is -0.342 e. The average molecular weight is 321 g/mol. The Bertz CT molecular complexity index is 924. The lowest BCUT2D eigenvalue weighted by atomic mass is 10.0. The van der Waals surface area contributed by atoms with Gasteiger partial charge in [0.05, 0.1) is 5.69 Å². The highest BCUT2D eigenvalue weighted by Gasteiger charge is 2.15. The van der Waals surface area contributed by atoms with Gasteiger partial charge < -0.3 is 9.30 Å². The van der Waals surface area contributed by atoms with Gasteiger partial charge in [-0.3, -0.25) is 4.79 Å². The van der Waals surface area contributed by atoms with Crippen LogP contribution in [0.5, 0.6) is 0 Å². The number of rotatable bonds is 3. The highest BCUT2D eigenvalue weighted by Crippen LogP contribution is 2.28. The molecule has 0 saturated carbocycles. The Morgan fingerprint density at radius 2 is 1.92 bits per heavy atom. The van der Waals surface area contributed by atoms with E-state index in [-0.39, 0.29) is 5.91 Å². The first kappa shape index (κ1) is 16.2. The van der Waals surface area contributed by atoms with Crippen molar-refractivity contribution in [1.82, 2.24) is 14.3 Å². The number of fused-ring (bicyclic) bond motifs is 1. The van der Waals surface area contributed by atoms with Gasteiger partial charge in [-0.25, -0.2) is 4.98 Å². The fraction of sp³-hybridized carbons (Fsp3) is 0.300. The van der Waals surface area contributed by atoms with Crippen LogP contribution >= 0.6 is 0 Å². The second kappa shape index (κ2) is 6.11. The zero-order chi connectivity index (χ0) is 17.4. The van der Waals surface area contributed by atoms with E-state index in [1.165, 1.54) is 5.56 Å². The molecule has 2 heterocycles. The SMILES string of the molecule is CCN(C)C(=O)c1ccc(-c2nc3cc(C)ccn3c2C)c(C)c1. The van der Waals surface area contributed by atoms with Crippen LogP contribution in [0.3, 0.4) is 0 Å². The third kappa shape index (κ3) is 2.68. The largest absolute Gasteiger partial charge is 0.342 e. The number of carbonyl (C=O) groups excluding carboxylic acids is 1. The molecule has 4 nitrogen and oxygen atoms in total. The molecule has 0 fully saturated rings. The Morgan fingerprint density at radius 1 is 1.17 bits per heavy atom. The van der Waals surface area contributed by atoms with Crippen LogP contribution in [0.4, 0.5) is 0 Å². The zero-order valence-electron chi connectivity index (χ0n) is 14.9. The first-order valence-corrected chi connectivity index (χ1v) is 8.24. The first-order valence-electron chi connectivity index (χ1n) is 8.24. The van der Waals surface area contributed by atoms with Crippen LogP contribution in [0.1, 0.15) is 34.1 Å². The molecule has 3 rings (SSSR count). The van der Waals surface area contributed by atoms with E-state index in [9.17, 15) is 4.79 Å². The van der Waals surface area contributed by atoms with Gasteiger partial charge in [-0.1, -0.05) is 6.07 Å². The van der Waals surface area contributed by atoms with Crippen LogP contribution in [0.2, 0.25) is 0 Å². The van der Waals surface area contributed by atoms with Crippen molar-refractivity contribution < 1.29 is 4.79 Å². The first-order chi connectivity index (χ1) is 11.4. The van der Waals surface area contributed by atoms with Gasteiger partial charge in [0.2, 0.25) is 0 Å². The van der Waals surface area contributed by atoms with Gasteiger partial charge in [-0.05, 0) is 63.1 Å². The number of imidazole rings is 1. The quantitative estimate of drug-likeness (QED) is 0.731. The van der Waals surface area contributed by atoms with Crippen molar-refractivity contribution in [3.05, 3.63) is 58.9 Å². The van der Waals surface area contributed by atoms with Crippen molar-refractivity contribution in [2.75, 3.05) is 13.6 Å². The number of aromatic nitrogens is 2. The van der Waals surface area contributed by atoms with Gasteiger partial charge in [0.1, 0.15) is 5.65 Å². The molecule has 0 N–H and O–H groups in total. The monoisotopic (exact) mass is 321 g/mol. The van der Waals surface area contributed by atoms with Crippen molar-refractivity contribution >= 4 is 11.6 Å². The summed E-state index contributed by atoms with van der Waals surface area (Å²) in [6.45, 7) is 8.85. The summed E-state index contributed by atoms with van der Waals surface area (Å²) < 4.78 is 2.10. The summed E-state index contributed by atoms with van der Waals surface area (Å²) in [7, 11) is 1.82. The Kier molecular flexibility index (Phi) is 4.14. The molecule has 124 valence electrons. The number of hydrogen-bond donors (Lipinski definition) is 0. The molecule has 0 bridgehead atoms. The normalized spacial score (nSPS) is 11.0. The summed E-state index contributed by atoms with van der Waals surface area (Å²) in [5.74, 6) is 0.0505. The second-order valence-electron chi connectivity index (χ2n) is 6.33. The molecular weight excluding hydrogens is 298 g/mol. The lowest BCUT2D eigenvalue weighted by molar-refractivity contribution is 0.0802. The van der Waals surface area contributed by atoms with Crippen LogP contribution in [0, 0.1) is 20.8 Å². The number of amides is 1. The maximum absolute atomic E-state index is 12.3. The molecule has 0 radical (unpaired) electrons. The third-order valence-corrected chi connectivity index (χ3v) is 4.57. The predicted molar refractivity (Wildman–Crippen MR) is 97.5 cm³/mol. The summed E-state index contributed by atoms with van der Waals surface area (Å²) in [6.07, 6.45) is 2.06. The van der Waals surface area contributed by atoms with Gasteiger partial charge in [-0.2, -0.15) is 0 Å². The third-order valence-electron chi connectivity index (χ3n) is 4.57. The Labute approximate surface area is 142 Å². The summed E-state index contributed by atoms with van der Waals surface area (Å²) in [4.78, 5) is 18.8. The molecule has 0 saturated heterocycles. The molecular formula is C20H23N3O. The maximum atomic E-state index is 12.3. The zero-order valence-corrected chi connectivity index (χ0v) is 14.9. The number of pyridine rings is 1. The van der Waals surface area contributed by atoms with E-state index in [1.54, 1.807) is 4.90 Å². The lowest BCUT2D eigenvalue weighted by Crippen LogP contribution is -2.26. The van der Waals surface area contributed by atoms with E-state index in [0.717, 1.165) is 33.7 Å². The molecule has 0 unspecified atom stereocenters. The van der Waals surface area contributed by atoms with Crippen LogP contribution in [0.25, 0.3) is 16.9 Å². The predicted octanol–water partition coefficient (Wildman–Crippen LogP) is 4.02. The van der Waals surface area contributed by atoms with Crippen LogP contribution in [-0.2, 0) is 0 Å². The molecule has 0 spiro atoms. The molecule has 0 atom stereocenters. The van der Waals surface area contributed by atoms with Crippen LogP contribution in [0.15, 0.2) is 36.5 Å². The molecule has 1 aromatic carbocycles. The number of aryl methyl sites for hydroxylation is 3. The second-order valence-corrected chi connectivity index (χ2v) is 6.33. The minimum atomic E-state index is 0.0505. The summed E-state index contributed by atoms with van der Waals surface area (Å²) >= 11 is 0. The molecule has 0 aliphatic heterocycles. The Hall–Kier alpha value is -2.62. The summed E-state index contributed by atoms with van der Waals surface area (Å²) in [6, 6.07) is 10.0. The van der Waals surface area contributed by atoms with Gasteiger partial charge in [0.15, 0.2) is 0 Å². The molecule has 3 aromatic rings. The lowest BCUT2D eigenvalue weighted by Gasteiger charge is -2.15. The number of carbonyl (C=O) groups is 1. The van der Waals surface area contributed by atoms with E-state index in [0.29, 0.717) is 6.54 Å². The standard InChI is InChI=1S/C20H23N3O/c1-6-22(5)20(24)16-7-8-17(14(3)12-16)19-15(4)23-10-9-13(2)11-18(23)21-19/h7-12H,6H2,1-5H3. The number of nitrogens with zero attached hydrogens (tertiary/aromatic N) is 3. The van der Waals surface area contributed by atoms with Gasteiger partial charge in [-0.15, -0.1) is 0 Å². The molecule has 2 aromatic heterocycles.